The Kier molecular flexibility index (Phi) is 4.57. The van der Waals surface area contributed by atoms with Crippen LogP contribution >= 0.6 is 0 Å². The smallest absolute Gasteiger partial charge is 0.259 e. The Balaban J connectivity index is 1.40. The van der Waals surface area contributed by atoms with E-state index in [1.54, 1.807) is 0 Å². The predicted octanol–water partition coefficient (Wildman–Crippen LogP) is 5.16. The van der Waals surface area contributed by atoms with Gasteiger partial charge in [0.15, 0.2) is 0 Å². The molecular formula is C24H26N4O2. The van der Waals surface area contributed by atoms with Gasteiger partial charge in [-0.25, -0.2) is 4.98 Å². The summed E-state index contributed by atoms with van der Waals surface area (Å²) in [5.74, 6) is 0.721. The number of benzene rings is 1. The molecule has 6 heteroatoms. The summed E-state index contributed by atoms with van der Waals surface area (Å²) in [7, 11) is 0. The molecule has 4 heterocycles. The van der Waals surface area contributed by atoms with Gasteiger partial charge in [0.1, 0.15) is 0 Å². The largest absolute Gasteiger partial charge is 0.361 e. The first-order valence-corrected chi connectivity index (χ1v) is 10.6. The number of H-pyrrole nitrogens is 1. The number of hydrogen-bond donors (Lipinski definition) is 1. The molecule has 1 saturated heterocycles. The Morgan fingerprint density at radius 1 is 1.23 bits per heavy atom. The number of pyridine rings is 1. The minimum Gasteiger partial charge on any atom is -0.361 e. The number of aryl methyl sites for hydroxylation is 1. The van der Waals surface area contributed by atoms with Gasteiger partial charge in [-0.1, -0.05) is 37.2 Å². The highest BCUT2D eigenvalue weighted by atomic mass is 16.5. The average molecular weight is 402 g/mol. The summed E-state index contributed by atoms with van der Waals surface area (Å²) in [5, 5.41) is 6.08. The van der Waals surface area contributed by atoms with Gasteiger partial charge in [0, 0.05) is 35.9 Å². The fourth-order valence-corrected chi connectivity index (χ4v) is 4.57. The van der Waals surface area contributed by atoms with Crippen molar-refractivity contribution in [3.8, 4) is 0 Å². The second kappa shape index (κ2) is 7.27. The van der Waals surface area contributed by atoms with E-state index < -0.39 is 0 Å². The normalized spacial score (nSPS) is 15.5. The molecule has 5 rings (SSSR count). The third-order valence-corrected chi connectivity index (χ3v) is 6.30. The Labute approximate surface area is 175 Å². The van der Waals surface area contributed by atoms with E-state index >= 15 is 0 Å². The van der Waals surface area contributed by atoms with Crippen LogP contribution < -0.4 is 0 Å². The molecule has 30 heavy (non-hydrogen) atoms. The number of rotatable bonds is 3. The molecule has 1 aliphatic rings. The highest BCUT2D eigenvalue weighted by molar-refractivity contribution is 6.06. The zero-order chi connectivity index (χ0) is 20.8. The van der Waals surface area contributed by atoms with Crippen LogP contribution in [0.1, 0.15) is 65.8 Å². The van der Waals surface area contributed by atoms with Crippen LogP contribution in [-0.2, 0) is 0 Å². The zero-order valence-electron chi connectivity index (χ0n) is 17.6. The molecule has 6 nitrogen and oxygen atoms in total. The maximum absolute atomic E-state index is 13.5. The van der Waals surface area contributed by atoms with Crippen molar-refractivity contribution < 1.29 is 9.32 Å². The van der Waals surface area contributed by atoms with Crippen LogP contribution in [-0.4, -0.2) is 39.0 Å². The van der Waals surface area contributed by atoms with Crippen LogP contribution in [0.2, 0.25) is 0 Å². The first-order valence-electron chi connectivity index (χ1n) is 10.6. The van der Waals surface area contributed by atoms with Gasteiger partial charge in [0.05, 0.1) is 16.6 Å². The standard InChI is InChI=1S/C24H26N4O2/c1-14(2)21-12-18(22-15(3)27-30-23(22)26-21)24(29)28-10-8-16(9-11-28)19-13-25-20-7-5-4-6-17(19)20/h4-7,12-14,16,25H,8-11H2,1-3H3. The van der Waals surface area contributed by atoms with E-state index in [9.17, 15) is 4.79 Å². The number of piperidine rings is 1. The number of carbonyl (C=O) groups is 1. The maximum atomic E-state index is 13.5. The summed E-state index contributed by atoms with van der Waals surface area (Å²) < 4.78 is 5.39. The molecule has 1 fully saturated rings. The van der Waals surface area contributed by atoms with Gasteiger partial charge in [0.25, 0.3) is 11.6 Å². The van der Waals surface area contributed by atoms with E-state index in [0.29, 0.717) is 22.9 Å². The number of nitrogens with one attached hydrogen (secondary N) is 1. The van der Waals surface area contributed by atoms with E-state index in [2.05, 4.69) is 59.4 Å². The average Bonchev–Trinajstić information content (AvgIpc) is 3.36. The molecule has 0 radical (unpaired) electrons. The number of nitrogens with zero attached hydrogens (tertiary/aromatic N) is 3. The topological polar surface area (TPSA) is 75.0 Å². The van der Waals surface area contributed by atoms with Crippen molar-refractivity contribution >= 4 is 27.9 Å². The Morgan fingerprint density at radius 2 is 2.00 bits per heavy atom. The fourth-order valence-electron chi connectivity index (χ4n) is 4.57. The van der Waals surface area contributed by atoms with E-state index in [0.717, 1.165) is 37.0 Å². The molecule has 154 valence electrons. The Morgan fingerprint density at radius 3 is 2.77 bits per heavy atom. The lowest BCUT2D eigenvalue weighted by Crippen LogP contribution is -2.38. The summed E-state index contributed by atoms with van der Waals surface area (Å²) in [6, 6.07) is 10.3. The molecule has 4 aromatic rings. The van der Waals surface area contributed by atoms with Crippen molar-refractivity contribution in [2.75, 3.05) is 13.1 Å². The maximum Gasteiger partial charge on any atom is 0.259 e. The third-order valence-electron chi connectivity index (χ3n) is 6.30. The summed E-state index contributed by atoms with van der Waals surface area (Å²) in [5.41, 5.74) is 5.22. The number of para-hydroxylation sites is 1. The van der Waals surface area contributed by atoms with Crippen LogP contribution in [0.4, 0.5) is 0 Å². The van der Waals surface area contributed by atoms with Gasteiger partial charge in [0.2, 0.25) is 0 Å². The van der Waals surface area contributed by atoms with E-state index in [4.69, 9.17) is 4.52 Å². The van der Waals surface area contributed by atoms with Crippen LogP contribution in [0.15, 0.2) is 41.1 Å². The fraction of sp³-hybridized carbons (Fsp3) is 0.375. The lowest BCUT2D eigenvalue weighted by Gasteiger charge is -2.32. The third kappa shape index (κ3) is 3.07. The number of amides is 1. The minimum atomic E-state index is 0.0491. The molecule has 0 unspecified atom stereocenters. The molecule has 3 aromatic heterocycles. The van der Waals surface area contributed by atoms with Gasteiger partial charge < -0.3 is 14.4 Å². The number of aromatic nitrogens is 3. The van der Waals surface area contributed by atoms with E-state index in [1.165, 1.54) is 16.5 Å². The molecular weight excluding hydrogens is 376 g/mol. The molecule has 0 atom stereocenters. The van der Waals surface area contributed by atoms with Gasteiger partial charge in [-0.3, -0.25) is 4.79 Å². The van der Waals surface area contributed by atoms with Crippen molar-refractivity contribution in [3.63, 3.8) is 0 Å². The van der Waals surface area contributed by atoms with Crippen LogP contribution in [0.5, 0.6) is 0 Å². The molecule has 1 aromatic carbocycles. The predicted molar refractivity (Wildman–Crippen MR) is 117 cm³/mol. The zero-order valence-corrected chi connectivity index (χ0v) is 17.6. The Bertz CT molecular complexity index is 1230. The van der Waals surface area contributed by atoms with Crippen LogP contribution in [0, 0.1) is 6.92 Å². The van der Waals surface area contributed by atoms with Crippen molar-refractivity contribution in [2.45, 2.75) is 45.4 Å². The molecule has 0 spiro atoms. The van der Waals surface area contributed by atoms with Crippen molar-refractivity contribution in [1.29, 1.82) is 0 Å². The molecule has 1 aliphatic heterocycles. The monoisotopic (exact) mass is 402 g/mol. The number of fused-ring (bicyclic) bond motifs is 2. The lowest BCUT2D eigenvalue weighted by molar-refractivity contribution is 0.0715. The highest BCUT2D eigenvalue weighted by Gasteiger charge is 2.28. The number of aromatic amines is 1. The number of carbonyl (C=O) groups excluding carboxylic acids is 1. The van der Waals surface area contributed by atoms with Crippen molar-refractivity contribution in [2.24, 2.45) is 0 Å². The van der Waals surface area contributed by atoms with Crippen molar-refractivity contribution in [3.05, 3.63) is 59.0 Å². The quantitative estimate of drug-likeness (QED) is 0.514. The minimum absolute atomic E-state index is 0.0491. The first-order chi connectivity index (χ1) is 14.5. The summed E-state index contributed by atoms with van der Waals surface area (Å²) in [4.78, 5) is 23.4. The molecule has 1 N–H and O–H groups in total. The summed E-state index contributed by atoms with van der Waals surface area (Å²) >= 11 is 0. The highest BCUT2D eigenvalue weighted by Crippen LogP contribution is 2.34. The SMILES string of the molecule is Cc1noc2nc(C(C)C)cc(C(=O)N3CCC(c4c[nH]c5ccccc45)CC3)c12. The van der Waals surface area contributed by atoms with E-state index in [-0.39, 0.29) is 11.8 Å². The van der Waals surface area contributed by atoms with Crippen LogP contribution in [0.25, 0.3) is 22.0 Å². The molecule has 0 saturated carbocycles. The van der Waals surface area contributed by atoms with Gasteiger partial charge in [-0.2, -0.15) is 0 Å². The second-order valence-electron chi connectivity index (χ2n) is 8.55. The molecule has 0 aliphatic carbocycles. The summed E-state index contributed by atoms with van der Waals surface area (Å²) in [6.45, 7) is 7.49. The molecule has 1 amide bonds. The van der Waals surface area contributed by atoms with Crippen LogP contribution in [0.3, 0.4) is 0 Å². The summed E-state index contributed by atoms with van der Waals surface area (Å²) in [6.07, 6.45) is 4.05. The second-order valence-corrected chi connectivity index (χ2v) is 8.55. The van der Waals surface area contributed by atoms with Crippen molar-refractivity contribution in [1.82, 2.24) is 20.0 Å². The van der Waals surface area contributed by atoms with Gasteiger partial charge in [-0.05, 0) is 49.3 Å². The first kappa shape index (κ1) is 18.9. The lowest BCUT2D eigenvalue weighted by atomic mass is 9.89. The number of hydrogen-bond acceptors (Lipinski definition) is 4. The molecule has 0 bridgehead atoms. The van der Waals surface area contributed by atoms with Gasteiger partial charge >= 0.3 is 0 Å². The van der Waals surface area contributed by atoms with E-state index in [1.807, 2.05) is 17.9 Å². The van der Waals surface area contributed by atoms with Gasteiger partial charge in [-0.15, -0.1) is 0 Å². The Hall–Kier alpha value is -3.15. The number of likely N-dealkylation sites (tertiary alicyclic amines) is 1.